The molecule has 0 amide bonds. The molecule has 3 heterocycles. The van der Waals surface area contributed by atoms with Gasteiger partial charge in [0.1, 0.15) is 11.4 Å². The molecule has 0 bridgehead atoms. The minimum atomic E-state index is -0.339. The van der Waals surface area contributed by atoms with E-state index in [0.717, 1.165) is 43.0 Å². The number of piperidine rings is 1. The highest BCUT2D eigenvalue weighted by molar-refractivity contribution is 7.99. The summed E-state index contributed by atoms with van der Waals surface area (Å²) in [5.41, 5.74) is 0.445. The number of aromatic nitrogens is 5. The zero-order valence-corrected chi connectivity index (χ0v) is 15.5. The van der Waals surface area contributed by atoms with E-state index in [-0.39, 0.29) is 5.82 Å². The predicted molar refractivity (Wildman–Crippen MR) is 94.4 cm³/mol. The third kappa shape index (κ3) is 3.36. The van der Waals surface area contributed by atoms with Crippen LogP contribution in [0, 0.1) is 11.7 Å². The van der Waals surface area contributed by atoms with Crippen molar-refractivity contribution in [3.63, 3.8) is 0 Å². The molecule has 2 fully saturated rings. The Kier molecular flexibility index (Phi) is 4.62. The summed E-state index contributed by atoms with van der Waals surface area (Å²) in [4.78, 5) is 10.4. The minimum absolute atomic E-state index is 0.333. The first-order chi connectivity index (χ1) is 12.2. The number of hydrogen-bond acceptors (Lipinski definition) is 6. The summed E-state index contributed by atoms with van der Waals surface area (Å²) in [5.74, 6) is 1.36. The van der Waals surface area contributed by atoms with E-state index in [4.69, 9.17) is 0 Å². The summed E-state index contributed by atoms with van der Waals surface area (Å²) in [6.07, 6.45) is 6.61. The van der Waals surface area contributed by atoms with Crippen LogP contribution in [0.5, 0.6) is 0 Å². The van der Waals surface area contributed by atoms with Gasteiger partial charge in [0.2, 0.25) is 5.95 Å². The molecule has 0 radical (unpaired) electrons. The van der Waals surface area contributed by atoms with Gasteiger partial charge in [0.15, 0.2) is 11.0 Å². The molecule has 25 heavy (non-hydrogen) atoms. The Morgan fingerprint density at radius 1 is 1.16 bits per heavy atom. The second-order valence-corrected chi connectivity index (χ2v) is 7.90. The molecule has 4 rings (SSSR count). The van der Waals surface area contributed by atoms with Gasteiger partial charge in [0.25, 0.3) is 0 Å². The van der Waals surface area contributed by atoms with E-state index in [1.807, 2.05) is 6.92 Å². The molecule has 0 N–H and O–H groups in total. The standard InChI is InChI=1S/C17H23FN6S/c1-3-13-14(18)15(20-10-19-13)25-17-22-21-16(24(17)12-4-5-12)23-8-6-11(2)7-9-23/h10-12H,3-9H2,1-2H3. The van der Waals surface area contributed by atoms with Crippen LogP contribution in [0.15, 0.2) is 16.5 Å². The smallest absolute Gasteiger partial charge is 0.228 e. The van der Waals surface area contributed by atoms with Crippen molar-refractivity contribution in [1.29, 1.82) is 0 Å². The van der Waals surface area contributed by atoms with Gasteiger partial charge < -0.3 is 4.90 Å². The average molecular weight is 362 g/mol. The van der Waals surface area contributed by atoms with Gasteiger partial charge in [0, 0.05) is 19.1 Å². The summed E-state index contributed by atoms with van der Waals surface area (Å²) in [7, 11) is 0. The second kappa shape index (κ2) is 6.90. The van der Waals surface area contributed by atoms with Crippen molar-refractivity contribution in [1.82, 2.24) is 24.7 Å². The fourth-order valence-electron chi connectivity index (χ4n) is 3.21. The third-order valence-corrected chi connectivity index (χ3v) is 5.92. The van der Waals surface area contributed by atoms with Crippen molar-refractivity contribution in [3.05, 3.63) is 17.8 Å². The van der Waals surface area contributed by atoms with Gasteiger partial charge in [0.05, 0.1) is 5.69 Å². The molecule has 2 aromatic heterocycles. The van der Waals surface area contributed by atoms with Crippen molar-refractivity contribution in [2.75, 3.05) is 18.0 Å². The lowest BCUT2D eigenvalue weighted by Gasteiger charge is -2.31. The molecule has 1 saturated carbocycles. The number of rotatable bonds is 5. The van der Waals surface area contributed by atoms with Gasteiger partial charge in [-0.1, -0.05) is 13.8 Å². The molecule has 1 aliphatic heterocycles. The first-order valence-corrected chi connectivity index (χ1v) is 9.86. The van der Waals surface area contributed by atoms with Crippen LogP contribution in [0.1, 0.15) is 51.3 Å². The highest BCUT2D eigenvalue weighted by atomic mass is 32.2. The minimum Gasteiger partial charge on any atom is -0.341 e. The summed E-state index contributed by atoms with van der Waals surface area (Å²) < 4.78 is 16.7. The van der Waals surface area contributed by atoms with Gasteiger partial charge >= 0.3 is 0 Å². The van der Waals surface area contributed by atoms with E-state index < -0.39 is 0 Å². The Morgan fingerprint density at radius 3 is 2.60 bits per heavy atom. The van der Waals surface area contributed by atoms with Crippen molar-refractivity contribution in [2.24, 2.45) is 5.92 Å². The molecule has 8 heteroatoms. The van der Waals surface area contributed by atoms with Gasteiger partial charge in [-0.3, -0.25) is 4.57 Å². The molecule has 2 aromatic rings. The van der Waals surface area contributed by atoms with Gasteiger partial charge in [-0.15, -0.1) is 10.2 Å². The molecular weight excluding hydrogens is 339 g/mol. The van der Waals surface area contributed by atoms with Crippen LogP contribution in [-0.2, 0) is 6.42 Å². The molecule has 0 unspecified atom stereocenters. The SMILES string of the molecule is CCc1ncnc(Sc2nnc(N3CCC(C)CC3)n2C2CC2)c1F. The topological polar surface area (TPSA) is 59.7 Å². The highest BCUT2D eigenvalue weighted by Crippen LogP contribution is 2.42. The molecule has 0 atom stereocenters. The average Bonchev–Trinajstić information content (AvgIpc) is 3.38. The summed E-state index contributed by atoms with van der Waals surface area (Å²) in [6.45, 7) is 6.21. The summed E-state index contributed by atoms with van der Waals surface area (Å²) in [6, 6.07) is 0.433. The normalized spacial score (nSPS) is 18.8. The van der Waals surface area contributed by atoms with Crippen molar-refractivity contribution in [2.45, 2.75) is 62.2 Å². The Labute approximate surface area is 151 Å². The first-order valence-electron chi connectivity index (χ1n) is 9.04. The van der Waals surface area contributed by atoms with E-state index in [0.29, 0.717) is 23.2 Å². The molecule has 2 aliphatic rings. The summed E-state index contributed by atoms with van der Waals surface area (Å²) >= 11 is 1.26. The highest BCUT2D eigenvalue weighted by Gasteiger charge is 2.33. The van der Waals surface area contributed by atoms with Gasteiger partial charge in [-0.25, -0.2) is 14.4 Å². The third-order valence-electron chi connectivity index (χ3n) is 4.98. The lowest BCUT2D eigenvalue weighted by molar-refractivity contribution is 0.429. The maximum Gasteiger partial charge on any atom is 0.228 e. The van der Waals surface area contributed by atoms with Crippen LogP contribution >= 0.6 is 11.8 Å². The Morgan fingerprint density at radius 2 is 1.92 bits per heavy atom. The lowest BCUT2D eigenvalue weighted by Crippen LogP contribution is -2.34. The van der Waals surface area contributed by atoms with Crippen molar-refractivity contribution >= 4 is 17.7 Å². The maximum absolute atomic E-state index is 14.5. The molecule has 0 spiro atoms. The van der Waals surface area contributed by atoms with Crippen LogP contribution in [0.3, 0.4) is 0 Å². The van der Waals surface area contributed by atoms with Crippen LogP contribution in [0.4, 0.5) is 10.3 Å². The number of nitrogens with zero attached hydrogens (tertiary/aromatic N) is 6. The van der Waals surface area contributed by atoms with E-state index in [1.165, 1.54) is 30.9 Å². The monoisotopic (exact) mass is 362 g/mol. The molecule has 1 saturated heterocycles. The largest absolute Gasteiger partial charge is 0.341 e. The fraction of sp³-hybridized carbons (Fsp3) is 0.647. The van der Waals surface area contributed by atoms with E-state index in [2.05, 4.69) is 36.6 Å². The van der Waals surface area contributed by atoms with Gasteiger partial charge in [-0.05, 0) is 49.8 Å². The van der Waals surface area contributed by atoms with Crippen molar-refractivity contribution < 1.29 is 4.39 Å². The summed E-state index contributed by atoms with van der Waals surface area (Å²) in [5, 5.41) is 9.88. The molecular formula is C17H23FN6S. The number of anilines is 1. The zero-order chi connectivity index (χ0) is 17.4. The van der Waals surface area contributed by atoms with Crippen LogP contribution in [0.25, 0.3) is 0 Å². The predicted octanol–water partition coefficient (Wildman–Crippen LogP) is 3.49. The van der Waals surface area contributed by atoms with Crippen LogP contribution in [0.2, 0.25) is 0 Å². The first kappa shape index (κ1) is 16.8. The molecule has 6 nitrogen and oxygen atoms in total. The van der Waals surface area contributed by atoms with E-state index in [1.54, 1.807) is 0 Å². The number of halogens is 1. The molecule has 134 valence electrons. The fourth-order valence-corrected chi connectivity index (χ4v) is 4.10. The second-order valence-electron chi connectivity index (χ2n) is 6.95. The zero-order valence-electron chi connectivity index (χ0n) is 14.7. The number of aryl methyl sites for hydroxylation is 1. The van der Waals surface area contributed by atoms with Crippen molar-refractivity contribution in [3.8, 4) is 0 Å². The van der Waals surface area contributed by atoms with Crippen LogP contribution in [-0.4, -0.2) is 37.8 Å². The Balaban J connectivity index is 1.62. The Bertz CT molecular complexity index is 752. The lowest BCUT2D eigenvalue weighted by atomic mass is 10.00. The molecule has 1 aliphatic carbocycles. The van der Waals surface area contributed by atoms with E-state index in [9.17, 15) is 4.39 Å². The van der Waals surface area contributed by atoms with Gasteiger partial charge in [-0.2, -0.15) is 0 Å². The quantitative estimate of drug-likeness (QED) is 0.759. The van der Waals surface area contributed by atoms with Crippen LogP contribution < -0.4 is 4.90 Å². The number of hydrogen-bond donors (Lipinski definition) is 0. The Hall–Kier alpha value is -1.70. The molecule has 0 aromatic carbocycles. The maximum atomic E-state index is 14.5. The van der Waals surface area contributed by atoms with E-state index >= 15 is 0 Å².